The molecule has 0 fully saturated rings. The van der Waals surface area contributed by atoms with Crippen molar-refractivity contribution in [2.24, 2.45) is 0 Å². The quantitative estimate of drug-likeness (QED) is 0.852. The molecule has 0 spiro atoms. The number of ether oxygens (including phenoxy) is 2. The Morgan fingerprint density at radius 3 is 2.60 bits per heavy atom. The van der Waals surface area contributed by atoms with Gasteiger partial charge < -0.3 is 15.2 Å². The van der Waals surface area contributed by atoms with Crippen LogP contribution in [0.3, 0.4) is 0 Å². The van der Waals surface area contributed by atoms with E-state index >= 15 is 0 Å². The lowest BCUT2D eigenvalue weighted by Crippen LogP contribution is -2.03. The highest BCUT2D eigenvalue weighted by Gasteiger charge is 2.10. The highest BCUT2D eigenvalue weighted by atomic mass is 19.2. The molecule has 3 nitrogen and oxygen atoms in total. The van der Waals surface area contributed by atoms with Crippen molar-refractivity contribution >= 4 is 5.69 Å². The normalized spacial score (nSPS) is 10.3. The molecule has 0 aromatic heterocycles. The molecule has 0 aliphatic carbocycles. The van der Waals surface area contributed by atoms with E-state index in [-0.39, 0.29) is 12.4 Å². The zero-order chi connectivity index (χ0) is 14.5. The van der Waals surface area contributed by atoms with Gasteiger partial charge >= 0.3 is 0 Å². The van der Waals surface area contributed by atoms with Gasteiger partial charge in [-0.2, -0.15) is 4.39 Å². The maximum atomic E-state index is 13.5. The summed E-state index contributed by atoms with van der Waals surface area (Å²) in [6.45, 7) is 2.39. The first kappa shape index (κ1) is 14.1. The molecule has 0 saturated carbocycles. The SMILES string of the molecule is CCOc1ccc(N)cc1COc1cccc(F)c1F. The van der Waals surface area contributed by atoms with Crippen molar-refractivity contribution in [2.45, 2.75) is 13.5 Å². The van der Waals surface area contributed by atoms with E-state index in [2.05, 4.69) is 0 Å². The summed E-state index contributed by atoms with van der Waals surface area (Å²) in [5, 5.41) is 0. The minimum absolute atomic E-state index is 0.0424. The summed E-state index contributed by atoms with van der Waals surface area (Å²) in [5.41, 5.74) is 6.93. The van der Waals surface area contributed by atoms with Gasteiger partial charge in [-0.3, -0.25) is 0 Å². The van der Waals surface area contributed by atoms with E-state index in [1.807, 2.05) is 6.92 Å². The number of anilines is 1. The number of nitrogens with two attached hydrogens (primary N) is 1. The molecule has 2 rings (SSSR count). The van der Waals surface area contributed by atoms with Gasteiger partial charge in [-0.25, -0.2) is 4.39 Å². The highest BCUT2D eigenvalue weighted by Crippen LogP contribution is 2.25. The van der Waals surface area contributed by atoms with Gasteiger partial charge in [0.2, 0.25) is 5.82 Å². The molecule has 2 N–H and O–H groups in total. The maximum absolute atomic E-state index is 13.5. The fourth-order valence-corrected chi connectivity index (χ4v) is 1.76. The van der Waals surface area contributed by atoms with Crippen molar-refractivity contribution in [3.8, 4) is 11.5 Å². The molecule has 0 amide bonds. The van der Waals surface area contributed by atoms with Gasteiger partial charge in [0.15, 0.2) is 11.6 Å². The van der Waals surface area contributed by atoms with Crippen molar-refractivity contribution in [3.63, 3.8) is 0 Å². The van der Waals surface area contributed by atoms with E-state index < -0.39 is 11.6 Å². The van der Waals surface area contributed by atoms with Crippen LogP contribution in [0.2, 0.25) is 0 Å². The van der Waals surface area contributed by atoms with E-state index in [0.717, 1.165) is 6.07 Å². The van der Waals surface area contributed by atoms with Crippen LogP contribution in [0.25, 0.3) is 0 Å². The lowest BCUT2D eigenvalue weighted by atomic mass is 10.2. The summed E-state index contributed by atoms with van der Waals surface area (Å²) in [4.78, 5) is 0. The third kappa shape index (κ3) is 3.17. The maximum Gasteiger partial charge on any atom is 0.200 e. The molecular weight excluding hydrogens is 264 g/mol. The fraction of sp³-hybridized carbons (Fsp3) is 0.200. The molecule has 0 aliphatic rings. The van der Waals surface area contributed by atoms with E-state index in [1.54, 1.807) is 18.2 Å². The van der Waals surface area contributed by atoms with Crippen molar-refractivity contribution in [1.29, 1.82) is 0 Å². The first-order chi connectivity index (χ1) is 9.61. The molecule has 0 radical (unpaired) electrons. The number of nitrogen functional groups attached to an aromatic ring is 1. The van der Waals surface area contributed by atoms with Crippen LogP contribution in [0.1, 0.15) is 12.5 Å². The van der Waals surface area contributed by atoms with Crippen LogP contribution < -0.4 is 15.2 Å². The van der Waals surface area contributed by atoms with Crippen LogP contribution in [0.5, 0.6) is 11.5 Å². The first-order valence-electron chi connectivity index (χ1n) is 6.19. The van der Waals surface area contributed by atoms with Crippen LogP contribution in [0, 0.1) is 11.6 Å². The zero-order valence-electron chi connectivity index (χ0n) is 11.0. The molecule has 106 valence electrons. The molecule has 2 aromatic carbocycles. The average molecular weight is 279 g/mol. The predicted molar refractivity (Wildman–Crippen MR) is 72.7 cm³/mol. The Kier molecular flexibility index (Phi) is 4.40. The standard InChI is InChI=1S/C15H15F2NO2/c1-2-19-13-7-6-11(18)8-10(13)9-20-14-5-3-4-12(16)15(14)17/h3-8H,2,9,18H2,1H3. The van der Waals surface area contributed by atoms with Gasteiger partial charge in [-0.1, -0.05) is 6.07 Å². The van der Waals surface area contributed by atoms with Gasteiger partial charge in [0.05, 0.1) is 6.61 Å². The smallest absolute Gasteiger partial charge is 0.200 e. The van der Waals surface area contributed by atoms with E-state index in [9.17, 15) is 8.78 Å². The van der Waals surface area contributed by atoms with Gasteiger partial charge in [-0.15, -0.1) is 0 Å². The highest BCUT2D eigenvalue weighted by molar-refractivity contribution is 5.47. The van der Waals surface area contributed by atoms with Gasteiger partial charge in [0.1, 0.15) is 12.4 Å². The largest absolute Gasteiger partial charge is 0.493 e. The summed E-state index contributed by atoms with van der Waals surface area (Å²) >= 11 is 0. The van der Waals surface area contributed by atoms with Crippen LogP contribution >= 0.6 is 0 Å². The number of rotatable bonds is 5. The van der Waals surface area contributed by atoms with Gasteiger partial charge in [0.25, 0.3) is 0 Å². The van der Waals surface area contributed by atoms with E-state index in [4.69, 9.17) is 15.2 Å². The van der Waals surface area contributed by atoms with Crippen LogP contribution in [-0.4, -0.2) is 6.61 Å². The molecular formula is C15H15F2NO2. The fourth-order valence-electron chi connectivity index (χ4n) is 1.76. The van der Waals surface area contributed by atoms with Gasteiger partial charge in [-0.05, 0) is 37.3 Å². The molecule has 0 saturated heterocycles. The third-order valence-electron chi connectivity index (χ3n) is 2.68. The Balaban J connectivity index is 2.18. The summed E-state index contributed by atoms with van der Waals surface area (Å²) in [7, 11) is 0. The minimum atomic E-state index is -1.01. The Bertz CT molecular complexity index is 602. The van der Waals surface area contributed by atoms with Crippen molar-refractivity contribution in [1.82, 2.24) is 0 Å². The molecule has 5 heteroatoms. The summed E-state index contributed by atoms with van der Waals surface area (Å²) < 4.78 is 37.3. The molecule has 0 atom stereocenters. The van der Waals surface area contributed by atoms with E-state index in [1.165, 1.54) is 12.1 Å². The summed E-state index contributed by atoms with van der Waals surface area (Å²) in [5.74, 6) is -1.48. The number of halogens is 2. The molecule has 2 aromatic rings. The van der Waals surface area contributed by atoms with Crippen LogP contribution in [-0.2, 0) is 6.61 Å². The number of hydrogen-bond acceptors (Lipinski definition) is 3. The molecule has 0 bridgehead atoms. The Morgan fingerprint density at radius 1 is 1.05 bits per heavy atom. The topological polar surface area (TPSA) is 44.5 Å². The second kappa shape index (κ2) is 6.23. The predicted octanol–water partition coefficient (Wildman–Crippen LogP) is 3.52. The van der Waals surface area contributed by atoms with Gasteiger partial charge in [0, 0.05) is 11.3 Å². The Hall–Kier alpha value is -2.30. The van der Waals surface area contributed by atoms with Crippen LogP contribution in [0.15, 0.2) is 36.4 Å². The lowest BCUT2D eigenvalue weighted by Gasteiger charge is -2.12. The Labute approximate surface area is 115 Å². The summed E-state index contributed by atoms with van der Waals surface area (Å²) in [6, 6.07) is 8.90. The third-order valence-corrected chi connectivity index (χ3v) is 2.68. The van der Waals surface area contributed by atoms with Crippen molar-refractivity contribution in [2.75, 3.05) is 12.3 Å². The number of hydrogen-bond donors (Lipinski definition) is 1. The second-order valence-electron chi connectivity index (χ2n) is 4.14. The second-order valence-corrected chi connectivity index (χ2v) is 4.14. The lowest BCUT2D eigenvalue weighted by molar-refractivity contribution is 0.271. The van der Waals surface area contributed by atoms with Crippen molar-refractivity contribution < 1.29 is 18.3 Å². The zero-order valence-corrected chi connectivity index (χ0v) is 11.0. The molecule has 20 heavy (non-hydrogen) atoms. The number of benzene rings is 2. The average Bonchev–Trinajstić information content (AvgIpc) is 2.43. The monoisotopic (exact) mass is 279 g/mol. The minimum Gasteiger partial charge on any atom is -0.493 e. The van der Waals surface area contributed by atoms with Crippen molar-refractivity contribution in [3.05, 3.63) is 53.6 Å². The molecule has 0 heterocycles. The van der Waals surface area contributed by atoms with Crippen LogP contribution in [0.4, 0.5) is 14.5 Å². The molecule has 0 aliphatic heterocycles. The molecule has 0 unspecified atom stereocenters. The Morgan fingerprint density at radius 2 is 1.85 bits per heavy atom. The summed E-state index contributed by atoms with van der Waals surface area (Å²) in [6.07, 6.45) is 0. The first-order valence-corrected chi connectivity index (χ1v) is 6.19. The van der Waals surface area contributed by atoms with E-state index in [0.29, 0.717) is 23.6 Å².